The summed E-state index contributed by atoms with van der Waals surface area (Å²) in [6.45, 7) is 4.03. The van der Waals surface area contributed by atoms with Crippen LogP contribution in [-0.4, -0.2) is 23.7 Å². The Kier molecular flexibility index (Phi) is 4.33. The van der Waals surface area contributed by atoms with Crippen LogP contribution in [0.15, 0.2) is 42.5 Å². The van der Waals surface area contributed by atoms with Crippen molar-refractivity contribution in [3.05, 3.63) is 48.0 Å². The standard InChI is InChI=1S/C19H19N3O2/c1-3-24-15-8-9-18-16(10-15)17(11-20)19(22-18)13-4-6-14(7-5-13)21-12(2)23/h4-11,20,22H,3H2,1-2H3,(H,21,23). The summed E-state index contributed by atoms with van der Waals surface area (Å²) in [4.78, 5) is 14.5. The van der Waals surface area contributed by atoms with E-state index in [9.17, 15) is 4.79 Å². The summed E-state index contributed by atoms with van der Waals surface area (Å²) in [7, 11) is 0. The average Bonchev–Trinajstić information content (AvgIpc) is 2.93. The normalized spacial score (nSPS) is 10.6. The quantitative estimate of drug-likeness (QED) is 0.616. The number of benzene rings is 2. The van der Waals surface area contributed by atoms with Gasteiger partial charge < -0.3 is 20.4 Å². The largest absolute Gasteiger partial charge is 0.494 e. The summed E-state index contributed by atoms with van der Waals surface area (Å²) < 4.78 is 5.55. The second-order valence-corrected chi connectivity index (χ2v) is 5.46. The number of hydrogen-bond donors (Lipinski definition) is 3. The van der Waals surface area contributed by atoms with E-state index in [4.69, 9.17) is 10.1 Å². The summed E-state index contributed by atoms with van der Waals surface area (Å²) in [5.41, 5.74) is 4.36. The lowest BCUT2D eigenvalue weighted by Crippen LogP contribution is -2.05. The van der Waals surface area contributed by atoms with E-state index in [0.717, 1.165) is 39.2 Å². The van der Waals surface area contributed by atoms with Crippen molar-refractivity contribution in [2.45, 2.75) is 13.8 Å². The van der Waals surface area contributed by atoms with E-state index >= 15 is 0 Å². The zero-order valence-corrected chi connectivity index (χ0v) is 13.6. The fourth-order valence-corrected chi connectivity index (χ4v) is 2.75. The van der Waals surface area contributed by atoms with E-state index in [2.05, 4.69) is 10.3 Å². The minimum absolute atomic E-state index is 0.100. The van der Waals surface area contributed by atoms with Crippen LogP contribution < -0.4 is 10.1 Å². The van der Waals surface area contributed by atoms with Crippen LogP contribution in [0.5, 0.6) is 5.75 Å². The van der Waals surface area contributed by atoms with Crippen LogP contribution in [0.25, 0.3) is 22.2 Å². The number of amides is 1. The third kappa shape index (κ3) is 3.01. The molecular weight excluding hydrogens is 302 g/mol. The van der Waals surface area contributed by atoms with Gasteiger partial charge in [-0.15, -0.1) is 0 Å². The monoisotopic (exact) mass is 321 g/mol. The molecule has 24 heavy (non-hydrogen) atoms. The molecule has 122 valence electrons. The van der Waals surface area contributed by atoms with Gasteiger partial charge in [0.05, 0.1) is 12.3 Å². The molecule has 1 aromatic heterocycles. The maximum atomic E-state index is 11.1. The molecule has 0 saturated carbocycles. The third-order valence-corrected chi connectivity index (χ3v) is 3.76. The number of nitrogens with one attached hydrogen (secondary N) is 3. The van der Waals surface area contributed by atoms with Crippen molar-refractivity contribution in [2.75, 3.05) is 11.9 Å². The molecule has 2 aromatic carbocycles. The molecule has 5 heteroatoms. The van der Waals surface area contributed by atoms with E-state index in [1.807, 2.05) is 49.4 Å². The van der Waals surface area contributed by atoms with Gasteiger partial charge in [0, 0.05) is 35.3 Å². The molecule has 3 rings (SSSR count). The predicted octanol–water partition coefficient (Wildman–Crippen LogP) is 4.19. The molecule has 5 nitrogen and oxygen atoms in total. The lowest BCUT2D eigenvalue weighted by Gasteiger charge is -2.04. The van der Waals surface area contributed by atoms with E-state index < -0.39 is 0 Å². The molecule has 0 aliphatic heterocycles. The van der Waals surface area contributed by atoms with Crippen molar-refractivity contribution in [2.24, 2.45) is 0 Å². The first kappa shape index (κ1) is 15.8. The Bertz CT molecular complexity index is 895. The lowest BCUT2D eigenvalue weighted by molar-refractivity contribution is -0.114. The molecule has 0 radical (unpaired) electrons. The summed E-state index contributed by atoms with van der Waals surface area (Å²) in [6.07, 6.45) is 1.35. The molecule has 1 amide bonds. The van der Waals surface area contributed by atoms with Crippen LogP contribution in [0, 0.1) is 5.41 Å². The lowest BCUT2D eigenvalue weighted by atomic mass is 10.1. The van der Waals surface area contributed by atoms with Crippen molar-refractivity contribution >= 4 is 28.7 Å². The van der Waals surface area contributed by atoms with Crippen LogP contribution in [0.3, 0.4) is 0 Å². The number of carbonyl (C=O) groups excluding carboxylic acids is 1. The summed E-state index contributed by atoms with van der Waals surface area (Å²) in [6, 6.07) is 13.4. The molecule has 0 saturated heterocycles. The number of ether oxygens (including phenoxy) is 1. The van der Waals surface area contributed by atoms with Gasteiger partial charge in [0.25, 0.3) is 0 Å². The van der Waals surface area contributed by atoms with Gasteiger partial charge in [-0.25, -0.2) is 0 Å². The number of hydrogen-bond acceptors (Lipinski definition) is 3. The number of anilines is 1. The van der Waals surface area contributed by atoms with Gasteiger partial charge in [0.2, 0.25) is 5.91 Å². The van der Waals surface area contributed by atoms with Crippen molar-refractivity contribution in [1.82, 2.24) is 4.98 Å². The number of rotatable bonds is 5. The van der Waals surface area contributed by atoms with Gasteiger partial charge in [-0.05, 0) is 42.8 Å². The van der Waals surface area contributed by atoms with Gasteiger partial charge in [-0.1, -0.05) is 12.1 Å². The number of aromatic nitrogens is 1. The van der Waals surface area contributed by atoms with Crippen LogP contribution in [-0.2, 0) is 4.79 Å². The molecule has 0 bridgehead atoms. The number of carbonyl (C=O) groups is 1. The molecule has 0 aliphatic rings. The number of aromatic amines is 1. The zero-order valence-electron chi connectivity index (χ0n) is 13.6. The highest BCUT2D eigenvalue weighted by Gasteiger charge is 2.12. The van der Waals surface area contributed by atoms with E-state index in [1.54, 1.807) is 0 Å². The van der Waals surface area contributed by atoms with Gasteiger partial charge in [0.15, 0.2) is 0 Å². The highest BCUT2D eigenvalue weighted by Crippen LogP contribution is 2.32. The molecule has 0 aliphatic carbocycles. The van der Waals surface area contributed by atoms with E-state index in [0.29, 0.717) is 6.61 Å². The molecular formula is C19H19N3O2. The first-order chi connectivity index (χ1) is 11.6. The first-order valence-electron chi connectivity index (χ1n) is 7.79. The Morgan fingerprint density at radius 2 is 2.00 bits per heavy atom. The molecule has 0 spiro atoms. The summed E-state index contributed by atoms with van der Waals surface area (Å²) in [5, 5.41) is 11.5. The fraction of sp³-hybridized carbons (Fsp3) is 0.158. The fourth-order valence-electron chi connectivity index (χ4n) is 2.75. The van der Waals surface area contributed by atoms with E-state index in [1.165, 1.54) is 13.1 Å². The predicted molar refractivity (Wildman–Crippen MR) is 97.1 cm³/mol. The van der Waals surface area contributed by atoms with E-state index in [-0.39, 0.29) is 5.91 Å². The minimum Gasteiger partial charge on any atom is -0.494 e. The molecule has 0 fully saturated rings. The van der Waals surface area contributed by atoms with Crippen LogP contribution in [0.2, 0.25) is 0 Å². The molecule has 3 N–H and O–H groups in total. The molecule has 0 unspecified atom stereocenters. The van der Waals surface area contributed by atoms with Crippen molar-refractivity contribution < 1.29 is 9.53 Å². The maximum Gasteiger partial charge on any atom is 0.221 e. The SMILES string of the molecule is CCOc1ccc2[nH]c(-c3ccc(NC(C)=O)cc3)c(C=N)c2c1. The average molecular weight is 321 g/mol. The second kappa shape index (κ2) is 6.58. The van der Waals surface area contributed by atoms with Crippen LogP contribution >= 0.6 is 0 Å². The smallest absolute Gasteiger partial charge is 0.221 e. The van der Waals surface area contributed by atoms with Gasteiger partial charge in [-0.2, -0.15) is 0 Å². The Hall–Kier alpha value is -3.08. The molecule has 0 atom stereocenters. The van der Waals surface area contributed by atoms with Crippen molar-refractivity contribution in [3.63, 3.8) is 0 Å². The van der Waals surface area contributed by atoms with Crippen molar-refractivity contribution in [3.8, 4) is 17.0 Å². The second-order valence-electron chi connectivity index (χ2n) is 5.46. The number of fused-ring (bicyclic) bond motifs is 1. The highest BCUT2D eigenvalue weighted by atomic mass is 16.5. The topological polar surface area (TPSA) is 78.0 Å². The van der Waals surface area contributed by atoms with Crippen LogP contribution in [0.1, 0.15) is 19.4 Å². The van der Waals surface area contributed by atoms with Gasteiger partial charge in [-0.3, -0.25) is 4.79 Å². The van der Waals surface area contributed by atoms with Gasteiger partial charge in [0.1, 0.15) is 5.75 Å². The summed E-state index contributed by atoms with van der Waals surface area (Å²) in [5.74, 6) is 0.691. The van der Waals surface area contributed by atoms with Gasteiger partial charge >= 0.3 is 0 Å². The van der Waals surface area contributed by atoms with Crippen molar-refractivity contribution in [1.29, 1.82) is 5.41 Å². The molecule has 3 aromatic rings. The Morgan fingerprint density at radius 3 is 2.62 bits per heavy atom. The first-order valence-corrected chi connectivity index (χ1v) is 7.79. The minimum atomic E-state index is -0.100. The zero-order chi connectivity index (χ0) is 17.1. The Balaban J connectivity index is 2.05. The third-order valence-electron chi connectivity index (χ3n) is 3.76. The highest BCUT2D eigenvalue weighted by molar-refractivity contribution is 6.05. The molecule has 1 heterocycles. The summed E-state index contributed by atoms with van der Waals surface area (Å²) >= 11 is 0. The Morgan fingerprint density at radius 1 is 1.25 bits per heavy atom. The Labute approximate surface area is 140 Å². The van der Waals surface area contributed by atoms with Crippen LogP contribution in [0.4, 0.5) is 5.69 Å². The number of H-pyrrole nitrogens is 1. The maximum absolute atomic E-state index is 11.1.